The van der Waals surface area contributed by atoms with E-state index in [0.29, 0.717) is 6.54 Å². The highest BCUT2D eigenvalue weighted by molar-refractivity contribution is 5.79. The third-order valence-corrected chi connectivity index (χ3v) is 2.90. The van der Waals surface area contributed by atoms with Gasteiger partial charge < -0.3 is 9.84 Å². The number of hydrogen-bond donors (Lipinski definition) is 1. The number of methoxy groups -OCH3 is 1. The second kappa shape index (κ2) is 6.95. The molecule has 19 heavy (non-hydrogen) atoms. The van der Waals surface area contributed by atoms with Crippen molar-refractivity contribution in [3.63, 3.8) is 0 Å². The van der Waals surface area contributed by atoms with Gasteiger partial charge in [0.2, 0.25) is 0 Å². The van der Waals surface area contributed by atoms with E-state index in [0.717, 1.165) is 23.9 Å². The van der Waals surface area contributed by atoms with E-state index >= 15 is 0 Å². The molecular weight excluding hydrogens is 242 g/mol. The Balaban J connectivity index is 2.78. The molecule has 0 aliphatic heterocycles. The van der Waals surface area contributed by atoms with Crippen molar-refractivity contribution in [2.45, 2.75) is 20.4 Å². The number of carboxylic acids is 1. The monoisotopic (exact) mass is 263 g/mol. The maximum atomic E-state index is 10.4. The lowest BCUT2D eigenvalue weighted by Crippen LogP contribution is -2.19. The van der Waals surface area contributed by atoms with Gasteiger partial charge in [0.1, 0.15) is 5.75 Å². The van der Waals surface area contributed by atoms with Gasteiger partial charge in [0.25, 0.3) is 0 Å². The van der Waals surface area contributed by atoms with Gasteiger partial charge in [-0.3, -0.25) is 4.90 Å². The number of nitrogens with zero attached hydrogens (tertiary/aromatic N) is 1. The average molecular weight is 263 g/mol. The van der Waals surface area contributed by atoms with Crippen molar-refractivity contribution in [2.24, 2.45) is 0 Å². The van der Waals surface area contributed by atoms with Crippen LogP contribution in [0.3, 0.4) is 0 Å². The summed E-state index contributed by atoms with van der Waals surface area (Å²) in [6, 6.07) is 4.14. The molecule has 0 bridgehead atoms. The van der Waals surface area contributed by atoms with E-state index in [4.69, 9.17) is 9.84 Å². The lowest BCUT2D eigenvalue weighted by Gasteiger charge is -2.19. The van der Waals surface area contributed by atoms with Crippen LogP contribution < -0.4 is 4.74 Å². The van der Waals surface area contributed by atoms with Gasteiger partial charge in [-0.15, -0.1) is 0 Å². The highest BCUT2D eigenvalue weighted by Crippen LogP contribution is 2.25. The molecular formula is C15H21NO3. The van der Waals surface area contributed by atoms with Crippen LogP contribution >= 0.6 is 0 Å². The molecule has 0 amide bonds. The van der Waals surface area contributed by atoms with Crippen molar-refractivity contribution in [2.75, 3.05) is 20.7 Å². The molecule has 0 aliphatic rings. The number of likely N-dealkylation sites (N-methyl/N-ethyl adjacent to an activating group) is 1. The second-order valence-electron chi connectivity index (χ2n) is 4.70. The average Bonchev–Trinajstić information content (AvgIpc) is 2.31. The van der Waals surface area contributed by atoms with Crippen LogP contribution in [0.15, 0.2) is 24.3 Å². The van der Waals surface area contributed by atoms with E-state index in [1.54, 1.807) is 13.2 Å². The molecule has 0 spiro atoms. The van der Waals surface area contributed by atoms with Gasteiger partial charge in [0.15, 0.2) is 0 Å². The fourth-order valence-corrected chi connectivity index (χ4v) is 2.01. The molecule has 4 nitrogen and oxygen atoms in total. The minimum Gasteiger partial charge on any atom is -0.496 e. The number of aliphatic carboxylic acids is 1. The molecule has 0 heterocycles. The van der Waals surface area contributed by atoms with Crippen molar-refractivity contribution >= 4 is 5.97 Å². The van der Waals surface area contributed by atoms with Crippen LogP contribution in [0.1, 0.15) is 16.7 Å². The van der Waals surface area contributed by atoms with Crippen LogP contribution in [0.25, 0.3) is 0 Å². The molecule has 0 saturated heterocycles. The number of aryl methyl sites for hydroxylation is 2. The van der Waals surface area contributed by atoms with Crippen LogP contribution in [0.5, 0.6) is 5.75 Å². The third kappa shape index (κ3) is 4.75. The zero-order valence-corrected chi connectivity index (χ0v) is 11.9. The Morgan fingerprint density at radius 2 is 2.11 bits per heavy atom. The standard InChI is InChI=1S/C15H21NO3/c1-11-8-12(2)13(14(9-11)19-4)10-16(3)7-5-6-15(17)18/h5-6,8-9H,7,10H2,1-4H3,(H,17,18)/b6-5+. The first-order chi connectivity index (χ1) is 8.93. The topological polar surface area (TPSA) is 49.8 Å². The first-order valence-corrected chi connectivity index (χ1v) is 6.16. The summed E-state index contributed by atoms with van der Waals surface area (Å²) >= 11 is 0. The summed E-state index contributed by atoms with van der Waals surface area (Å²) < 4.78 is 5.41. The zero-order valence-electron chi connectivity index (χ0n) is 11.9. The fraction of sp³-hybridized carbons (Fsp3) is 0.400. The van der Waals surface area contributed by atoms with E-state index < -0.39 is 5.97 Å². The largest absolute Gasteiger partial charge is 0.496 e. The molecule has 0 aromatic heterocycles. The Hall–Kier alpha value is -1.81. The van der Waals surface area contributed by atoms with E-state index in [9.17, 15) is 4.79 Å². The number of carboxylic acid groups (broad SMARTS) is 1. The molecule has 0 fully saturated rings. The number of ether oxygens (including phenoxy) is 1. The maximum absolute atomic E-state index is 10.4. The minimum absolute atomic E-state index is 0.586. The highest BCUT2D eigenvalue weighted by atomic mass is 16.5. The van der Waals surface area contributed by atoms with Crippen molar-refractivity contribution < 1.29 is 14.6 Å². The normalized spacial score (nSPS) is 11.2. The Kier molecular flexibility index (Phi) is 5.57. The summed E-state index contributed by atoms with van der Waals surface area (Å²) in [5, 5.41) is 8.55. The van der Waals surface area contributed by atoms with Gasteiger partial charge in [0.05, 0.1) is 7.11 Å². The molecule has 1 aromatic rings. The Bertz CT molecular complexity index is 481. The number of benzene rings is 1. The Labute approximate surface area is 114 Å². The molecule has 0 unspecified atom stereocenters. The molecule has 1 rings (SSSR count). The molecule has 0 atom stereocenters. The Morgan fingerprint density at radius 3 is 2.68 bits per heavy atom. The summed E-state index contributed by atoms with van der Waals surface area (Å²) in [6.45, 7) is 5.41. The molecule has 4 heteroatoms. The van der Waals surface area contributed by atoms with Crippen molar-refractivity contribution in [3.8, 4) is 5.75 Å². The van der Waals surface area contributed by atoms with Gasteiger partial charge in [-0.2, -0.15) is 0 Å². The van der Waals surface area contributed by atoms with Gasteiger partial charge in [-0.25, -0.2) is 4.79 Å². The maximum Gasteiger partial charge on any atom is 0.328 e. The van der Waals surface area contributed by atoms with Gasteiger partial charge in [-0.05, 0) is 38.1 Å². The first-order valence-electron chi connectivity index (χ1n) is 6.16. The first kappa shape index (κ1) is 15.2. The summed E-state index contributed by atoms with van der Waals surface area (Å²) in [6.07, 6.45) is 2.80. The van der Waals surface area contributed by atoms with Gasteiger partial charge in [0, 0.05) is 24.7 Å². The highest BCUT2D eigenvalue weighted by Gasteiger charge is 2.09. The minimum atomic E-state index is -0.919. The molecule has 1 N–H and O–H groups in total. The third-order valence-electron chi connectivity index (χ3n) is 2.90. The number of rotatable bonds is 6. The number of carbonyl (C=O) groups is 1. The molecule has 0 saturated carbocycles. The smallest absolute Gasteiger partial charge is 0.328 e. The van der Waals surface area contributed by atoms with Gasteiger partial charge in [-0.1, -0.05) is 12.1 Å². The Morgan fingerprint density at radius 1 is 1.42 bits per heavy atom. The summed E-state index contributed by atoms with van der Waals surface area (Å²) in [5.74, 6) is -0.0379. The molecule has 0 radical (unpaired) electrons. The predicted octanol–water partition coefficient (Wildman–Crippen LogP) is 2.38. The van der Waals surface area contributed by atoms with E-state index in [1.165, 1.54) is 11.1 Å². The summed E-state index contributed by atoms with van der Waals surface area (Å²) in [7, 11) is 3.62. The zero-order chi connectivity index (χ0) is 14.4. The van der Waals surface area contributed by atoms with Crippen LogP contribution in [-0.2, 0) is 11.3 Å². The second-order valence-corrected chi connectivity index (χ2v) is 4.70. The predicted molar refractivity (Wildman–Crippen MR) is 75.6 cm³/mol. The van der Waals surface area contributed by atoms with Crippen LogP contribution in [0.4, 0.5) is 0 Å². The fourth-order valence-electron chi connectivity index (χ4n) is 2.01. The summed E-state index contributed by atoms with van der Waals surface area (Å²) in [5.41, 5.74) is 3.50. The SMILES string of the molecule is COc1cc(C)cc(C)c1CN(C)C/C=C/C(=O)O. The summed E-state index contributed by atoms with van der Waals surface area (Å²) in [4.78, 5) is 12.4. The van der Waals surface area contributed by atoms with Gasteiger partial charge >= 0.3 is 5.97 Å². The van der Waals surface area contributed by atoms with Crippen LogP contribution in [0, 0.1) is 13.8 Å². The van der Waals surface area contributed by atoms with Crippen molar-refractivity contribution in [3.05, 3.63) is 41.0 Å². The number of hydrogen-bond acceptors (Lipinski definition) is 3. The molecule has 0 aliphatic carbocycles. The quantitative estimate of drug-likeness (QED) is 0.801. The lowest BCUT2D eigenvalue weighted by atomic mass is 10.0. The van der Waals surface area contributed by atoms with Crippen LogP contribution in [-0.4, -0.2) is 36.7 Å². The van der Waals surface area contributed by atoms with E-state index in [2.05, 4.69) is 13.0 Å². The van der Waals surface area contributed by atoms with E-state index in [1.807, 2.05) is 24.9 Å². The molecule has 104 valence electrons. The van der Waals surface area contributed by atoms with E-state index in [-0.39, 0.29) is 0 Å². The van der Waals surface area contributed by atoms with Crippen LogP contribution in [0.2, 0.25) is 0 Å². The van der Waals surface area contributed by atoms with Crippen molar-refractivity contribution in [1.82, 2.24) is 4.90 Å². The lowest BCUT2D eigenvalue weighted by molar-refractivity contribution is -0.131. The molecule has 1 aromatic carbocycles. The van der Waals surface area contributed by atoms with Crippen molar-refractivity contribution in [1.29, 1.82) is 0 Å².